The smallest absolute Gasteiger partial charge is 0.252 e. The molecule has 0 saturated carbocycles. The molecule has 2 aliphatic heterocycles. The van der Waals surface area contributed by atoms with E-state index in [4.69, 9.17) is 18.9 Å². The van der Waals surface area contributed by atoms with Gasteiger partial charge in [0.25, 0.3) is 5.79 Å². The van der Waals surface area contributed by atoms with Gasteiger partial charge in [-0.05, 0) is 29.3 Å². The van der Waals surface area contributed by atoms with Crippen molar-refractivity contribution >= 4 is 12.2 Å². The van der Waals surface area contributed by atoms with Crippen LogP contribution in [0.1, 0.15) is 62.8 Å². The topological polar surface area (TPSA) is 36.9 Å². The van der Waals surface area contributed by atoms with Crippen molar-refractivity contribution in [1.82, 2.24) is 0 Å². The fourth-order valence-electron chi connectivity index (χ4n) is 5.26. The summed E-state index contributed by atoms with van der Waals surface area (Å²) in [5, 5.41) is 0. The maximum atomic E-state index is 6.70. The van der Waals surface area contributed by atoms with Gasteiger partial charge in [-0.25, -0.2) is 0 Å². The number of hydrogen-bond donors (Lipinski definition) is 0. The number of rotatable bonds is 6. The van der Waals surface area contributed by atoms with Crippen molar-refractivity contribution in [3.05, 3.63) is 85.4 Å². The van der Waals surface area contributed by atoms with Crippen LogP contribution in [0.25, 0.3) is 12.2 Å². The Morgan fingerprint density at radius 2 is 1.15 bits per heavy atom. The molecule has 172 valence electrons. The molecule has 2 heterocycles. The summed E-state index contributed by atoms with van der Waals surface area (Å²) in [6, 6.07) is 8.00. The van der Waals surface area contributed by atoms with Crippen LogP contribution in [0.15, 0.2) is 63.1 Å². The molecule has 0 aliphatic carbocycles. The molecule has 1 atom stereocenters. The minimum atomic E-state index is -0.826. The van der Waals surface area contributed by atoms with Crippen LogP contribution in [0.4, 0.5) is 0 Å². The lowest BCUT2D eigenvalue weighted by atomic mass is 9.69. The van der Waals surface area contributed by atoms with E-state index in [2.05, 4.69) is 60.1 Å². The first-order valence-corrected chi connectivity index (χ1v) is 11.1. The highest BCUT2D eigenvalue weighted by atomic mass is 16.7. The predicted octanol–water partition coefficient (Wildman–Crippen LogP) is 7.53. The van der Waals surface area contributed by atoms with Crippen molar-refractivity contribution in [2.45, 2.75) is 57.2 Å². The lowest BCUT2D eigenvalue weighted by Gasteiger charge is -2.51. The van der Waals surface area contributed by atoms with E-state index in [1.165, 1.54) is 12.5 Å². The van der Waals surface area contributed by atoms with Gasteiger partial charge in [0.15, 0.2) is 11.5 Å². The van der Waals surface area contributed by atoms with Gasteiger partial charge in [-0.2, -0.15) is 0 Å². The van der Waals surface area contributed by atoms with E-state index in [0.29, 0.717) is 30.1 Å². The zero-order chi connectivity index (χ0) is 24.0. The lowest BCUT2D eigenvalue weighted by Crippen LogP contribution is -2.55. The van der Waals surface area contributed by atoms with Gasteiger partial charge in [0.2, 0.25) is 0 Å². The fraction of sp³-hybridized carbons (Fsp3) is 0.310. The first-order chi connectivity index (χ1) is 15.6. The maximum absolute atomic E-state index is 6.70. The average molecular weight is 445 g/mol. The summed E-state index contributed by atoms with van der Waals surface area (Å²) >= 11 is 0. The van der Waals surface area contributed by atoms with Crippen LogP contribution >= 0.6 is 0 Å². The molecule has 4 heteroatoms. The highest BCUT2D eigenvalue weighted by molar-refractivity contribution is 5.68. The summed E-state index contributed by atoms with van der Waals surface area (Å²) < 4.78 is 24.6. The SMILES string of the molecule is C=COc1cc2c(cc1OC=C)C(C)(C)CC1(CC(C)(C)c3cc(C=C)c(C=C)cc3O1)O2. The van der Waals surface area contributed by atoms with Crippen LogP contribution in [0.2, 0.25) is 0 Å². The van der Waals surface area contributed by atoms with Crippen molar-refractivity contribution in [3.8, 4) is 23.0 Å². The van der Waals surface area contributed by atoms with Crippen molar-refractivity contribution in [2.24, 2.45) is 0 Å². The van der Waals surface area contributed by atoms with E-state index < -0.39 is 5.79 Å². The third-order valence-electron chi connectivity index (χ3n) is 6.56. The Balaban J connectivity index is 1.84. The van der Waals surface area contributed by atoms with E-state index in [0.717, 1.165) is 28.0 Å². The number of hydrogen-bond acceptors (Lipinski definition) is 4. The van der Waals surface area contributed by atoms with Gasteiger partial charge in [-0.1, -0.05) is 66.2 Å². The normalized spacial score (nSPS) is 21.5. The summed E-state index contributed by atoms with van der Waals surface area (Å²) in [5.74, 6) is 1.79. The molecule has 0 bridgehead atoms. The van der Waals surface area contributed by atoms with Gasteiger partial charge >= 0.3 is 0 Å². The zero-order valence-electron chi connectivity index (χ0n) is 20.0. The zero-order valence-corrected chi connectivity index (χ0v) is 20.0. The van der Waals surface area contributed by atoms with Crippen LogP contribution in [0.3, 0.4) is 0 Å². The lowest BCUT2D eigenvalue weighted by molar-refractivity contribution is -0.166. The highest BCUT2D eigenvalue weighted by Gasteiger charge is 2.53. The van der Waals surface area contributed by atoms with Crippen molar-refractivity contribution in [2.75, 3.05) is 0 Å². The minimum absolute atomic E-state index is 0.176. The maximum Gasteiger partial charge on any atom is 0.252 e. The molecule has 33 heavy (non-hydrogen) atoms. The summed E-state index contributed by atoms with van der Waals surface area (Å²) in [7, 11) is 0. The molecular weight excluding hydrogens is 412 g/mol. The van der Waals surface area contributed by atoms with E-state index in [9.17, 15) is 0 Å². The Morgan fingerprint density at radius 3 is 1.67 bits per heavy atom. The largest absolute Gasteiger partial charge is 0.462 e. The van der Waals surface area contributed by atoms with Crippen LogP contribution in [0.5, 0.6) is 23.0 Å². The Bertz CT molecular complexity index is 1150. The molecule has 0 aromatic heterocycles. The number of benzene rings is 2. The molecule has 0 radical (unpaired) electrons. The second-order valence-corrected chi connectivity index (χ2v) is 9.99. The van der Waals surface area contributed by atoms with Gasteiger partial charge < -0.3 is 18.9 Å². The molecule has 4 nitrogen and oxygen atoms in total. The number of fused-ring (bicyclic) bond motifs is 2. The Morgan fingerprint density at radius 1 is 0.697 bits per heavy atom. The van der Waals surface area contributed by atoms with Gasteiger partial charge in [-0.3, -0.25) is 0 Å². The molecular formula is C29H32O4. The Kier molecular flexibility index (Phi) is 5.44. The summed E-state index contributed by atoms with van der Waals surface area (Å²) in [4.78, 5) is 0. The quantitative estimate of drug-likeness (QED) is 0.431. The Labute approximate surface area is 196 Å². The number of ether oxygens (including phenoxy) is 4. The molecule has 4 rings (SSSR count). The molecule has 0 amide bonds. The standard InChI is InChI=1S/C29H32O4/c1-9-19-13-21-23(14-20(19)10-2)32-29(17-27(21,5)6)18-28(7,8)22-15-25(30-11-3)26(31-12-4)16-24(22)33-29/h9-16H,1-4,17-18H2,5-8H3. The molecule has 0 saturated heterocycles. The third kappa shape index (κ3) is 3.84. The van der Waals surface area contributed by atoms with Crippen LogP contribution in [-0.4, -0.2) is 5.79 Å². The Hall–Kier alpha value is -3.40. The molecule has 1 spiro atoms. The summed E-state index contributed by atoms with van der Waals surface area (Å²) in [6.45, 7) is 24.1. The van der Waals surface area contributed by atoms with E-state index in [1.807, 2.05) is 30.4 Å². The van der Waals surface area contributed by atoms with Gasteiger partial charge in [0.05, 0.1) is 12.5 Å². The van der Waals surface area contributed by atoms with E-state index >= 15 is 0 Å². The van der Waals surface area contributed by atoms with E-state index in [-0.39, 0.29) is 10.8 Å². The molecule has 0 fully saturated rings. The van der Waals surface area contributed by atoms with E-state index in [1.54, 1.807) is 0 Å². The second kappa shape index (κ2) is 7.87. The minimum Gasteiger partial charge on any atom is -0.462 e. The van der Waals surface area contributed by atoms with Crippen molar-refractivity contribution in [1.29, 1.82) is 0 Å². The molecule has 2 aliphatic rings. The molecule has 2 aromatic rings. The van der Waals surface area contributed by atoms with Gasteiger partial charge in [-0.15, -0.1) is 0 Å². The van der Waals surface area contributed by atoms with Crippen LogP contribution in [0, 0.1) is 0 Å². The van der Waals surface area contributed by atoms with Gasteiger partial charge in [0, 0.05) is 40.9 Å². The summed E-state index contributed by atoms with van der Waals surface area (Å²) in [6.07, 6.45) is 7.81. The molecule has 0 N–H and O–H groups in total. The summed E-state index contributed by atoms with van der Waals surface area (Å²) in [5.41, 5.74) is 3.79. The second-order valence-electron chi connectivity index (χ2n) is 9.99. The monoisotopic (exact) mass is 444 g/mol. The van der Waals surface area contributed by atoms with Crippen molar-refractivity contribution < 1.29 is 18.9 Å². The van der Waals surface area contributed by atoms with Crippen LogP contribution in [-0.2, 0) is 10.8 Å². The first-order valence-electron chi connectivity index (χ1n) is 11.1. The third-order valence-corrected chi connectivity index (χ3v) is 6.56. The van der Waals surface area contributed by atoms with Crippen molar-refractivity contribution in [3.63, 3.8) is 0 Å². The highest BCUT2D eigenvalue weighted by Crippen LogP contribution is 2.55. The first kappa shape index (κ1) is 22.8. The fourth-order valence-corrected chi connectivity index (χ4v) is 5.26. The molecule has 1 unspecified atom stereocenters. The average Bonchev–Trinajstić information content (AvgIpc) is 2.73. The van der Waals surface area contributed by atoms with Gasteiger partial charge in [0.1, 0.15) is 11.5 Å². The van der Waals surface area contributed by atoms with Crippen LogP contribution < -0.4 is 18.9 Å². The molecule has 2 aromatic carbocycles. The predicted molar refractivity (Wildman–Crippen MR) is 134 cm³/mol.